The first-order chi connectivity index (χ1) is 16.0. The van der Waals surface area contributed by atoms with Crippen LogP contribution in [0.25, 0.3) is 32.5 Å². The molecule has 162 valence electrons. The number of nitro benzene ring substituents is 1. The number of carbonyl (C=O) groups excluding carboxylic acids is 1. The Hall–Kier alpha value is -4.15. The van der Waals surface area contributed by atoms with Crippen LogP contribution in [-0.2, 0) is 0 Å². The van der Waals surface area contributed by atoms with E-state index in [1.807, 2.05) is 48.5 Å². The number of non-ortho nitro benzene ring substituents is 1. The Morgan fingerprint density at radius 1 is 1.06 bits per heavy atom. The summed E-state index contributed by atoms with van der Waals surface area (Å²) in [5.74, 6) is 0.346. The second-order valence-electron chi connectivity index (χ2n) is 7.18. The van der Waals surface area contributed by atoms with Gasteiger partial charge in [-0.3, -0.25) is 20.2 Å². The van der Waals surface area contributed by atoms with E-state index < -0.39 is 4.92 Å². The molecule has 5 rings (SSSR count). The predicted octanol–water partition coefficient (Wildman–Crippen LogP) is 5.48. The Labute approximate surface area is 196 Å². The molecule has 2 aromatic heterocycles. The Balaban J connectivity index is 1.30. The number of fused-ring (bicyclic) bond motifs is 2. The maximum Gasteiger partial charge on any atom is 0.270 e. The van der Waals surface area contributed by atoms with E-state index in [4.69, 9.17) is 12.2 Å². The Kier molecular flexibility index (Phi) is 5.29. The van der Waals surface area contributed by atoms with Crippen molar-refractivity contribution in [2.45, 2.75) is 0 Å². The Morgan fingerprint density at radius 2 is 1.91 bits per heavy atom. The highest BCUT2D eigenvalue weighted by Crippen LogP contribution is 2.29. The average Bonchev–Trinajstić information content (AvgIpc) is 3.43. The molecule has 0 bridgehead atoms. The summed E-state index contributed by atoms with van der Waals surface area (Å²) in [7, 11) is 0. The summed E-state index contributed by atoms with van der Waals surface area (Å²) in [5.41, 5.74) is 3.38. The van der Waals surface area contributed by atoms with Crippen LogP contribution in [0.1, 0.15) is 9.67 Å². The summed E-state index contributed by atoms with van der Waals surface area (Å²) in [4.78, 5) is 31.4. The molecular weight excluding hydrogens is 458 g/mol. The van der Waals surface area contributed by atoms with Crippen LogP contribution in [-0.4, -0.2) is 25.9 Å². The number of hydrogen-bond donors (Lipinski definition) is 3. The normalized spacial score (nSPS) is 10.9. The zero-order valence-electron chi connectivity index (χ0n) is 16.9. The standard InChI is InChI=1S/C23H15N5O3S2/c29-22(20-12-14-11-16(28(30)31)8-9-19(14)33-20)27-23(32)24-15-5-3-4-13(10-15)21-25-17-6-1-2-7-18(17)26-21/h1-12H,(H,25,26)(H2,24,27,29,32). The number of rotatable bonds is 4. The van der Waals surface area contributed by atoms with Crippen molar-refractivity contribution in [3.8, 4) is 11.4 Å². The fourth-order valence-electron chi connectivity index (χ4n) is 3.42. The molecule has 0 saturated heterocycles. The summed E-state index contributed by atoms with van der Waals surface area (Å²) < 4.78 is 0.781. The van der Waals surface area contributed by atoms with Crippen LogP contribution >= 0.6 is 23.6 Å². The number of benzene rings is 3. The molecule has 0 radical (unpaired) electrons. The number of amides is 1. The van der Waals surface area contributed by atoms with E-state index >= 15 is 0 Å². The van der Waals surface area contributed by atoms with E-state index in [0.29, 0.717) is 16.0 Å². The number of thiocarbonyl (C=S) groups is 1. The van der Waals surface area contributed by atoms with Gasteiger partial charge in [-0.15, -0.1) is 11.3 Å². The molecule has 0 spiro atoms. The van der Waals surface area contributed by atoms with Gasteiger partial charge in [0, 0.05) is 33.5 Å². The van der Waals surface area contributed by atoms with Crippen LogP contribution in [0.4, 0.5) is 11.4 Å². The third kappa shape index (κ3) is 4.29. The molecule has 0 saturated carbocycles. The molecular formula is C23H15N5O3S2. The average molecular weight is 474 g/mol. The smallest absolute Gasteiger partial charge is 0.270 e. The monoisotopic (exact) mass is 473 g/mol. The maximum absolute atomic E-state index is 12.6. The first-order valence-electron chi connectivity index (χ1n) is 9.82. The minimum absolute atomic E-state index is 0.0196. The lowest BCUT2D eigenvalue weighted by Gasteiger charge is -2.09. The van der Waals surface area contributed by atoms with Crippen LogP contribution in [0.15, 0.2) is 72.8 Å². The van der Waals surface area contributed by atoms with E-state index in [1.54, 1.807) is 12.1 Å². The van der Waals surface area contributed by atoms with E-state index in [2.05, 4.69) is 20.6 Å². The van der Waals surface area contributed by atoms with Crippen molar-refractivity contribution in [1.29, 1.82) is 0 Å². The minimum Gasteiger partial charge on any atom is -0.338 e. The van der Waals surface area contributed by atoms with E-state index in [9.17, 15) is 14.9 Å². The molecule has 33 heavy (non-hydrogen) atoms. The number of thiophene rings is 1. The number of carbonyl (C=O) groups is 1. The molecule has 1 amide bonds. The lowest BCUT2D eigenvalue weighted by molar-refractivity contribution is -0.384. The first kappa shape index (κ1) is 20.7. The lowest BCUT2D eigenvalue weighted by atomic mass is 10.2. The quantitative estimate of drug-likeness (QED) is 0.181. The van der Waals surface area contributed by atoms with Crippen molar-refractivity contribution in [2.24, 2.45) is 0 Å². The number of aromatic amines is 1. The molecule has 0 aliphatic rings. The zero-order chi connectivity index (χ0) is 22.9. The number of nitrogens with zero attached hydrogens (tertiary/aromatic N) is 2. The van der Waals surface area contributed by atoms with Gasteiger partial charge in [0.1, 0.15) is 5.82 Å². The molecule has 0 atom stereocenters. The van der Waals surface area contributed by atoms with E-state index in [-0.39, 0.29) is 16.7 Å². The summed E-state index contributed by atoms with van der Waals surface area (Å²) in [6.07, 6.45) is 0. The SMILES string of the molecule is O=C(NC(=S)Nc1cccc(-c2nc3ccccc3[nH]2)c1)c1cc2cc([N+](=O)[O-])ccc2s1. The highest BCUT2D eigenvalue weighted by atomic mass is 32.1. The summed E-state index contributed by atoms with van der Waals surface area (Å²) in [5, 5.41) is 17.4. The molecule has 2 heterocycles. The molecule has 5 aromatic rings. The molecule has 0 fully saturated rings. The van der Waals surface area contributed by atoms with Crippen molar-refractivity contribution in [1.82, 2.24) is 15.3 Å². The van der Waals surface area contributed by atoms with Crippen molar-refractivity contribution in [3.05, 3.63) is 87.8 Å². The molecule has 0 aliphatic heterocycles. The molecule has 3 N–H and O–H groups in total. The van der Waals surface area contributed by atoms with Crippen LogP contribution in [0.5, 0.6) is 0 Å². The molecule has 10 heteroatoms. The summed E-state index contributed by atoms with van der Waals surface area (Å²) >= 11 is 6.55. The van der Waals surface area contributed by atoms with Gasteiger partial charge in [-0.25, -0.2) is 4.98 Å². The molecule has 0 unspecified atom stereocenters. The second-order valence-corrected chi connectivity index (χ2v) is 8.67. The second kappa shape index (κ2) is 8.41. The summed E-state index contributed by atoms with van der Waals surface area (Å²) in [6, 6.07) is 21.4. The van der Waals surface area contributed by atoms with Gasteiger partial charge in [-0.05, 0) is 48.6 Å². The van der Waals surface area contributed by atoms with Gasteiger partial charge in [0.25, 0.3) is 11.6 Å². The number of H-pyrrole nitrogens is 1. The zero-order valence-corrected chi connectivity index (χ0v) is 18.5. The Morgan fingerprint density at radius 3 is 2.73 bits per heavy atom. The fraction of sp³-hybridized carbons (Fsp3) is 0. The van der Waals surface area contributed by atoms with Crippen LogP contribution in [0, 0.1) is 10.1 Å². The first-order valence-corrected chi connectivity index (χ1v) is 11.0. The van der Waals surface area contributed by atoms with Gasteiger partial charge in [-0.1, -0.05) is 24.3 Å². The van der Waals surface area contributed by atoms with Gasteiger partial charge in [-0.2, -0.15) is 0 Å². The van der Waals surface area contributed by atoms with Crippen molar-refractivity contribution >= 4 is 67.1 Å². The van der Waals surface area contributed by atoms with Crippen molar-refractivity contribution in [2.75, 3.05) is 5.32 Å². The number of nitro groups is 1. The van der Waals surface area contributed by atoms with E-state index in [1.165, 1.54) is 23.5 Å². The number of anilines is 1. The number of nitrogens with one attached hydrogen (secondary N) is 3. The lowest BCUT2D eigenvalue weighted by Crippen LogP contribution is -2.33. The number of para-hydroxylation sites is 2. The molecule has 0 aliphatic carbocycles. The highest BCUT2D eigenvalue weighted by Gasteiger charge is 2.15. The van der Waals surface area contributed by atoms with Gasteiger partial charge in [0.05, 0.1) is 20.8 Å². The fourth-order valence-corrected chi connectivity index (χ4v) is 4.57. The predicted molar refractivity (Wildman–Crippen MR) is 134 cm³/mol. The minimum atomic E-state index is -0.463. The molecule has 8 nitrogen and oxygen atoms in total. The highest BCUT2D eigenvalue weighted by molar-refractivity contribution is 7.80. The van der Waals surface area contributed by atoms with Crippen molar-refractivity contribution in [3.63, 3.8) is 0 Å². The summed E-state index contributed by atoms with van der Waals surface area (Å²) in [6.45, 7) is 0. The Bertz CT molecular complexity index is 1520. The number of aromatic nitrogens is 2. The van der Waals surface area contributed by atoms with Crippen LogP contribution in [0.3, 0.4) is 0 Å². The topological polar surface area (TPSA) is 113 Å². The van der Waals surface area contributed by atoms with Crippen LogP contribution in [0.2, 0.25) is 0 Å². The third-order valence-corrected chi connectivity index (χ3v) is 6.26. The van der Waals surface area contributed by atoms with Crippen LogP contribution < -0.4 is 10.6 Å². The largest absolute Gasteiger partial charge is 0.338 e. The van der Waals surface area contributed by atoms with Gasteiger partial charge in [0.15, 0.2) is 5.11 Å². The van der Waals surface area contributed by atoms with Gasteiger partial charge >= 0.3 is 0 Å². The number of imidazole rings is 1. The maximum atomic E-state index is 12.6. The number of hydrogen-bond acceptors (Lipinski definition) is 6. The van der Waals surface area contributed by atoms with E-state index in [0.717, 1.165) is 27.1 Å². The van der Waals surface area contributed by atoms with Gasteiger partial charge in [0.2, 0.25) is 0 Å². The van der Waals surface area contributed by atoms with Crippen molar-refractivity contribution < 1.29 is 9.72 Å². The third-order valence-electron chi connectivity index (χ3n) is 4.94. The van der Waals surface area contributed by atoms with Gasteiger partial charge < -0.3 is 10.3 Å². The molecule has 3 aromatic carbocycles.